The molecule has 3 rings (SSSR count). The summed E-state index contributed by atoms with van der Waals surface area (Å²) in [5.74, 6) is -1.63. The first-order chi connectivity index (χ1) is 15.2. The Kier molecular flexibility index (Phi) is 7.04. The van der Waals surface area contributed by atoms with Gasteiger partial charge in [-0.15, -0.1) is 0 Å². The van der Waals surface area contributed by atoms with Crippen LogP contribution in [0.2, 0.25) is 0 Å². The molecule has 1 aromatic heterocycles. The van der Waals surface area contributed by atoms with Crippen molar-refractivity contribution in [2.24, 2.45) is 0 Å². The van der Waals surface area contributed by atoms with Crippen molar-refractivity contribution < 1.29 is 37.6 Å². The maximum Gasteiger partial charge on any atom is 0.416 e. The molecule has 3 aromatic rings. The van der Waals surface area contributed by atoms with Gasteiger partial charge in [-0.3, -0.25) is 9.68 Å². The highest BCUT2D eigenvalue weighted by Gasteiger charge is 2.30. The highest BCUT2D eigenvalue weighted by Crippen LogP contribution is 2.32. The molecule has 0 atom stereocenters. The Balaban J connectivity index is 2.01. The van der Waals surface area contributed by atoms with Crippen LogP contribution in [0.3, 0.4) is 0 Å². The summed E-state index contributed by atoms with van der Waals surface area (Å²) in [6, 6.07) is 9.09. The molecule has 168 valence electrons. The van der Waals surface area contributed by atoms with Crippen LogP contribution >= 0.6 is 0 Å². The zero-order chi connectivity index (χ0) is 23.3. The van der Waals surface area contributed by atoms with Crippen LogP contribution in [-0.4, -0.2) is 34.1 Å². The number of rotatable bonds is 8. The molecule has 32 heavy (non-hydrogen) atoms. The smallest absolute Gasteiger partial charge is 0.416 e. The first kappa shape index (κ1) is 23.1. The molecule has 2 aromatic carbocycles. The predicted molar refractivity (Wildman–Crippen MR) is 108 cm³/mol. The summed E-state index contributed by atoms with van der Waals surface area (Å²) in [6.07, 6.45) is -3.21. The molecular weight excluding hydrogens is 429 g/mol. The lowest BCUT2D eigenvalue weighted by Gasteiger charge is -2.12. The van der Waals surface area contributed by atoms with Gasteiger partial charge in [-0.1, -0.05) is 12.1 Å². The molecule has 0 saturated carbocycles. The third-order valence-electron chi connectivity index (χ3n) is 4.67. The van der Waals surface area contributed by atoms with Crippen LogP contribution in [0.5, 0.6) is 0 Å². The maximum absolute atomic E-state index is 12.9. The van der Waals surface area contributed by atoms with E-state index in [0.717, 1.165) is 12.1 Å². The molecular formula is C22H19F3N2O5. The van der Waals surface area contributed by atoms with Gasteiger partial charge in [0.15, 0.2) is 0 Å². The fourth-order valence-electron chi connectivity index (χ4n) is 3.13. The second-order valence-electron chi connectivity index (χ2n) is 6.94. The van der Waals surface area contributed by atoms with Gasteiger partial charge in [-0.25, -0.2) is 14.8 Å². The van der Waals surface area contributed by atoms with Crippen molar-refractivity contribution in [2.75, 3.05) is 7.11 Å². The number of carboxylic acids is 1. The molecule has 1 heterocycles. The van der Waals surface area contributed by atoms with Crippen molar-refractivity contribution in [3.8, 4) is 11.3 Å². The van der Waals surface area contributed by atoms with E-state index in [2.05, 4.69) is 19.7 Å². The van der Waals surface area contributed by atoms with E-state index >= 15 is 0 Å². The third kappa shape index (κ3) is 5.58. The lowest BCUT2D eigenvalue weighted by atomic mass is 10.0. The Bertz CT molecular complexity index is 1130. The van der Waals surface area contributed by atoms with Crippen molar-refractivity contribution >= 4 is 23.0 Å². The number of benzene rings is 2. The number of fused-ring (bicyclic) bond motifs is 1. The number of carbonyl (C=O) groups is 2. The molecule has 10 heteroatoms. The van der Waals surface area contributed by atoms with Gasteiger partial charge in [0, 0.05) is 12.0 Å². The topological polar surface area (TPSA) is 98.6 Å². The second kappa shape index (κ2) is 9.73. The van der Waals surface area contributed by atoms with E-state index in [0.29, 0.717) is 47.2 Å². The van der Waals surface area contributed by atoms with Gasteiger partial charge >= 0.3 is 18.1 Å². The van der Waals surface area contributed by atoms with Crippen molar-refractivity contribution in [3.05, 3.63) is 59.3 Å². The van der Waals surface area contributed by atoms with Gasteiger partial charge in [-0.05, 0) is 49.6 Å². The number of carbonyl (C=O) groups excluding carboxylic acids is 1. The monoisotopic (exact) mass is 448 g/mol. The Morgan fingerprint density at radius 2 is 1.72 bits per heavy atom. The largest absolute Gasteiger partial charge is 0.481 e. The number of nitrogens with zero attached hydrogens (tertiary/aromatic N) is 2. The zero-order valence-corrected chi connectivity index (χ0v) is 17.0. The van der Waals surface area contributed by atoms with E-state index in [4.69, 9.17) is 5.11 Å². The van der Waals surface area contributed by atoms with Gasteiger partial charge in [0.2, 0.25) is 0 Å². The number of hydrogen-bond donors (Lipinski definition) is 1. The minimum atomic E-state index is -4.46. The van der Waals surface area contributed by atoms with Crippen molar-refractivity contribution in [1.29, 1.82) is 0 Å². The van der Waals surface area contributed by atoms with Crippen LogP contribution in [0.25, 0.3) is 22.3 Å². The van der Waals surface area contributed by atoms with Gasteiger partial charge in [0.1, 0.15) is 0 Å². The molecule has 7 nitrogen and oxygen atoms in total. The molecule has 0 aliphatic heterocycles. The summed E-state index contributed by atoms with van der Waals surface area (Å²) < 4.78 is 38.7. The van der Waals surface area contributed by atoms with E-state index in [1.165, 1.54) is 31.4 Å². The number of aromatic nitrogens is 2. The molecule has 0 spiro atoms. The normalized spacial score (nSPS) is 11.5. The summed E-state index contributed by atoms with van der Waals surface area (Å²) in [4.78, 5) is 40.7. The first-order valence-corrected chi connectivity index (χ1v) is 9.64. The number of hydrogen-bond acceptors (Lipinski definition) is 6. The van der Waals surface area contributed by atoms with Crippen molar-refractivity contribution in [3.63, 3.8) is 0 Å². The lowest BCUT2D eigenvalue weighted by molar-refractivity contribution is -0.216. The minimum absolute atomic E-state index is 0.0103. The SMILES string of the molecule is COOC(=O)c1ccc2nc(-c3ccc(C(F)(F)F)cc3)c(CCCCC(=O)O)nc2c1. The summed E-state index contributed by atoms with van der Waals surface area (Å²) in [5, 5.41) is 8.83. The Hall–Kier alpha value is -3.53. The standard InChI is InChI=1S/C22H19F3N2O5/c1-31-32-21(30)14-8-11-16-18(12-14)26-17(4-2-3-5-19(28)29)20(27-16)13-6-9-15(10-7-13)22(23,24)25/h6-12H,2-5H2,1H3,(H,28,29). The maximum atomic E-state index is 12.9. The number of unbranched alkanes of at least 4 members (excludes halogenated alkanes) is 1. The van der Waals surface area contributed by atoms with Crippen LogP contribution in [0.15, 0.2) is 42.5 Å². The highest BCUT2D eigenvalue weighted by molar-refractivity contribution is 5.93. The van der Waals surface area contributed by atoms with E-state index in [1.807, 2.05) is 0 Å². The molecule has 0 amide bonds. The van der Waals surface area contributed by atoms with E-state index in [9.17, 15) is 22.8 Å². The summed E-state index contributed by atoms with van der Waals surface area (Å²) in [7, 11) is 1.20. The average Bonchev–Trinajstić information content (AvgIpc) is 2.75. The van der Waals surface area contributed by atoms with E-state index < -0.39 is 23.7 Å². The number of aliphatic carboxylic acids is 1. The van der Waals surface area contributed by atoms with Crippen molar-refractivity contribution in [1.82, 2.24) is 9.97 Å². The van der Waals surface area contributed by atoms with Gasteiger partial charge in [0.25, 0.3) is 0 Å². The minimum Gasteiger partial charge on any atom is -0.481 e. The average molecular weight is 448 g/mol. The lowest BCUT2D eigenvalue weighted by Crippen LogP contribution is -2.06. The predicted octanol–water partition coefficient (Wildman–Crippen LogP) is 4.83. The number of halogens is 3. The highest BCUT2D eigenvalue weighted by atomic mass is 19.4. The van der Waals surface area contributed by atoms with Crippen molar-refractivity contribution in [2.45, 2.75) is 31.9 Å². The van der Waals surface area contributed by atoms with Crippen LogP contribution in [-0.2, 0) is 27.2 Å². The number of alkyl halides is 3. The van der Waals surface area contributed by atoms with Crippen LogP contribution in [0.4, 0.5) is 13.2 Å². The molecule has 0 saturated heterocycles. The summed E-state index contributed by atoms with van der Waals surface area (Å²) in [6.45, 7) is 0. The van der Waals surface area contributed by atoms with Gasteiger partial charge in [-0.2, -0.15) is 18.1 Å². The molecule has 0 unspecified atom stereocenters. The molecule has 0 bridgehead atoms. The quantitative estimate of drug-likeness (QED) is 0.299. The Labute approximate surface area is 180 Å². The molecule has 0 fully saturated rings. The van der Waals surface area contributed by atoms with Crippen LogP contribution < -0.4 is 0 Å². The zero-order valence-electron chi connectivity index (χ0n) is 17.0. The fourth-order valence-corrected chi connectivity index (χ4v) is 3.13. The van der Waals surface area contributed by atoms with Crippen LogP contribution in [0.1, 0.15) is 40.9 Å². The van der Waals surface area contributed by atoms with Crippen LogP contribution in [0, 0.1) is 0 Å². The molecule has 0 aliphatic carbocycles. The fraction of sp³-hybridized carbons (Fsp3) is 0.273. The van der Waals surface area contributed by atoms with Gasteiger partial charge < -0.3 is 5.11 Å². The summed E-state index contributed by atoms with van der Waals surface area (Å²) in [5.41, 5.74) is 1.56. The second-order valence-corrected chi connectivity index (χ2v) is 6.94. The van der Waals surface area contributed by atoms with E-state index in [-0.39, 0.29) is 12.0 Å². The van der Waals surface area contributed by atoms with E-state index in [1.54, 1.807) is 6.07 Å². The molecule has 0 aliphatic rings. The molecule has 0 radical (unpaired) electrons. The van der Waals surface area contributed by atoms with Gasteiger partial charge in [0.05, 0.1) is 40.7 Å². The first-order valence-electron chi connectivity index (χ1n) is 9.64. The molecule has 1 N–H and O–H groups in total. The number of aryl methyl sites for hydroxylation is 1. The third-order valence-corrected chi connectivity index (χ3v) is 4.67. The summed E-state index contributed by atoms with van der Waals surface area (Å²) >= 11 is 0. The Morgan fingerprint density at radius 1 is 1.00 bits per heavy atom. The Morgan fingerprint density at radius 3 is 2.34 bits per heavy atom. The number of carboxylic acid groups (broad SMARTS) is 1.